The summed E-state index contributed by atoms with van der Waals surface area (Å²) in [6.45, 7) is 3.73. The number of nitrogens with zero attached hydrogens (tertiary/aromatic N) is 5. The number of β-lactam (4-membered cyclic amide) rings is 1. The summed E-state index contributed by atoms with van der Waals surface area (Å²) >= 11 is 8.30. The fraction of sp³-hybridized carbons (Fsp3) is 0.346. The van der Waals surface area contributed by atoms with Gasteiger partial charge in [0.25, 0.3) is 11.8 Å². The predicted molar refractivity (Wildman–Crippen MR) is 166 cm³/mol. The highest BCUT2D eigenvalue weighted by atomic mass is 35.5. The minimum absolute atomic E-state index is 0.00974. The molecule has 1 fully saturated rings. The summed E-state index contributed by atoms with van der Waals surface area (Å²) in [5, 5.41) is 24.8. The molecule has 4 atom stereocenters. The van der Waals surface area contributed by atoms with Crippen molar-refractivity contribution in [3.8, 4) is 0 Å². The summed E-state index contributed by atoms with van der Waals surface area (Å²) in [6, 6.07) is 4.24. The fourth-order valence-corrected chi connectivity index (χ4v) is 7.24. The number of halogens is 1. The lowest BCUT2D eigenvalue weighted by molar-refractivity contribution is -0.663. The van der Waals surface area contributed by atoms with Gasteiger partial charge in [0.15, 0.2) is 23.6 Å². The minimum atomic E-state index is -1.41. The monoisotopic (exact) mass is 678 g/mol. The van der Waals surface area contributed by atoms with E-state index in [0.29, 0.717) is 17.9 Å². The van der Waals surface area contributed by atoms with Crippen LogP contribution in [0.3, 0.4) is 0 Å². The number of amides is 2. The summed E-state index contributed by atoms with van der Waals surface area (Å²) in [5.41, 5.74) is 19.2. The number of nitrogens with two attached hydrogens (primary N) is 3. The number of anilines is 2. The summed E-state index contributed by atoms with van der Waals surface area (Å²) in [7, 11) is 0. The van der Waals surface area contributed by atoms with Gasteiger partial charge in [0.05, 0.1) is 6.07 Å². The number of aromatic nitrogens is 3. The molecule has 0 radical (unpaired) electrons. The molecule has 1 unspecified atom stereocenters. The Morgan fingerprint density at radius 3 is 2.67 bits per heavy atom. The first-order valence-electron chi connectivity index (χ1n) is 13.4. The van der Waals surface area contributed by atoms with Crippen LogP contribution in [-0.2, 0) is 37.1 Å². The summed E-state index contributed by atoms with van der Waals surface area (Å²) in [6.07, 6.45) is 0.383. The van der Waals surface area contributed by atoms with Gasteiger partial charge in [0, 0.05) is 30.0 Å². The Balaban J connectivity index is 1.40. The number of thiazole rings is 1. The third-order valence-corrected chi connectivity index (χ3v) is 9.46. The van der Waals surface area contributed by atoms with E-state index in [1.807, 2.05) is 28.2 Å². The number of nitrogens with one attached hydrogen (secondary N) is 1. The van der Waals surface area contributed by atoms with E-state index in [1.54, 1.807) is 12.3 Å². The molecular formula is C26H29ClN9O7S2+. The summed E-state index contributed by atoms with van der Waals surface area (Å²) < 4.78 is 3.74. The Morgan fingerprint density at radius 2 is 2.04 bits per heavy atom. The third kappa shape index (κ3) is 6.13. The van der Waals surface area contributed by atoms with Crippen LogP contribution in [0.5, 0.6) is 0 Å². The van der Waals surface area contributed by atoms with Gasteiger partial charge >= 0.3 is 11.9 Å². The van der Waals surface area contributed by atoms with E-state index in [4.69, 9.17) is 38.7 Å². The normalized spacial score (nSPS) is 19.6. The first-order valence-corrected chi connectivity index (χ1v) is 15.6. The van der Waals surface area contributed by atoms with Crippen LogP contribution in [0.1, 0.15) is 19.5 Å². The number of pyridine rings is 1. The van der Waals surface area contributed by atoms with Crippen molar-refractivity contribution in [2.24, 2.45) is 10.9 Å². The molecular weight excluding hydrogens is 650 g/mol. The van der Waals surface area contributed by atoms with Crippen molar-refractivity contribution in [2.45, 2.75) is 50.5 Å². The van der Waals surface area contributed by atoms with Gasteiger partial charge in [0.2, 0.25) is 11.6 Å². The van der Waals surface area contributed by atoms with Gasteiger partial charge in [0.1, 0.15) is 38.5 Å². The predicted octanol–water partition coefficient (Wildman–Crippen LogP) is 0.183. The number of hydrogen-bond acceptors (Lipinski definition) is 12. The maximum atomic E-state index is 13.3. The van der Waals surface area contributed by atoms with E-state index >= 15 is 0 Å². The van der Waals surface area contributed by atoms with Gasteiger partial charge in [-0.2, -0.15) is 4.57 Å². The number of thioether (sulfide) groups is 1. The van der Waals surface area contributed by atoms with Crippen LogP contribution in [0, 0.1) is 0 Å². The number of carboxylic acids is 2. The zero-order valence-corrected chi connectivity index (χ0v) is 26.2. The molecule has 5 heterocycles. The number of rotatable bonds is 11. The van der Waals surface area contributed by atoms with Gasteiger partial charge in [-0.1, -0.05) is 28.1 Å². The maximum absolute atomic E-state index is 13.3. The number of fused-ring (bicyclic) bond motifs is 2. The first kappa shape index (κ1) is 32.0. The number of carbonyl (C=O) groups excluding carboxylic acids is 2. The largest absolute Gasteiger partial charge is 0.478 e. The zero-order chi connectivity index (χ0) is 32.7. The molecule has 0 spiro atoms. The van der Waals surface area contributed by atoms with Gasteiger partial charge in [-0.05, 0) is 19.9 Å². The lowest BCUT2D eigenvalue weighted by Gasteiger charge is -2.49. The second kappa shape index (κ2) is 12.5. The molecule has 0 aliphatic carbocycles. The first-order chi connectivity index (χ1) is 21.3. The maximum Gasteiger partial charge on any atom is 0.352 e. The number of carbonyl (C=O) groups is 4. The van der Waals surface area contributed by atoms with Crippen LogP contribution in [0.25, 0.3) is 11.0 Å². The molecule has 5 rings (SSSR count). The Kier molecular flexibility index (Phi) is 8.92. The van der Waals surface area contributed by atoms with Crippen molar-refractivity contribution in [3.05, 3.63) is 45.7 Å². The molecule has 19 heteroatoms. The average Bonchev–Trinajstić information content (AvgIpc) is 3.48. The number of carboxylic acid groups (broad SMARTS) is 2. The second-order valence-corrected chi connectivity index (χ2v) is 13.1. The van der Waals surface area contributed by atoms with Crippen LogP contribution >= 0.6 is 34.7 Å². The van der Waals surface area contributed by atoms with Gasteiger partial charge in [-0.3, -0.25) is 14.5 Å². The quantitative estimate of drug-likeness (QED) is 0.0688. The van der Waals surface area contributed by atoms with E-state index in [0.717, 1.165) is 27.3 Å². The minimum Gasteiger partial charge on any atom is -0.478 e. The standard InChI is InChI=1S/C26H28ClN9O7S2/c1-10(28)7-35-13-4-3-5-34(14(13)6-15(35)29)8-12-9-44-23-18(22(38)36(23)19(12)25(41)42)31-21(37)17(33-43-11(2)24(39)40)16-20(27)45-26(30)32-16/h3-6,10-11,18,23,29H,7-9,28H2,1-2H3,(H5,30,31,32,37,39,40,41,42)/p+1/b33-17-/t10-,11-,18+,23?/m0/s1. The van der Waals surface area contributed by atoms with Crippen molar-refractivity contribution in [1.29, 1.82) is 0 Å². The average molecular weight is 679 g/mol. The van der Waals surface area contributed by atoms with Crippen molar-refractivity contribution in [3.63, 3.8) is 0 Å². The second-order valence-electron chi connectivity index (χ2n) is 10.4. The highest BCUT2D eigenvalue weighted by Gasteiger charge is 2.55. The van der Waals surface area contributed by atoms with Crippen molar-refractivity contribution < 1.29 is 38.8 Å². The molecule has 0 saturated carbocycles. The highest BCUT2D eigenvalue weighted by molar-refractivity contribution is 8.00. The molecule has 238 valence electrons. The van der Waals surface area contributed by atoms with E-state index in [9.17, 15) is 24.3 Å². The Hall–Kier alpha value is -4.39. The molecule has 9 N–H and O–H groups in total. The van der Waals surface area contributed by atoms with Crippen molar-refractivity contribution in [1.82, 2.24) is 19.8 Å². The molecule has 2 aliphatic heterocycles. The Labute approximate surface area is 268 Å². The van der Waals surface area contributed by atoms with E-state index in [-0.39, 0.29) is 39.2 Å². The van der Waals surface area contributed by atoms with Gasteiger partial charge < -0.3 is 42.1 Å². The highest BCUT2D eigenvalue weighted by Crippen LogP contribution is 2.40. The zero-order valence-electron chi connectivity index (χ0n) is 23.8. The number of hydrogen-bond donors (Lipinski definition) is 6. The molecule has 0 aromatic carbocycles. The van der Waals surface area contributed by atoms with Crippen LogP contribution in [0.2, 0.25) is 4.34 Å². The van der Waals surface area contributed by atoms with E-state index in [2.05, 4.69) is 15.5 Å². The van der Waals surface area contributed by atoms with Gasteiger partial charge in [-0.15, -0.1) is 11.8 Å². The van der Waals surface area contributed by atoms with E-state index in [1.165, 1.54) is 18.7 Å². The fourth-order valence-electron chi connectivity index (χ4n) is 4.97. The smallest absolute Gasteiger partial charge is 0.352 e. The Morgan fingerprint density at radius 1 is 1.31 bits per heavy atom. The SMILES string of the molecule is C[C@H](N)Cn1c(N)cc2c1ccc[n+]2CC1=C(C(=O)O)N2C(=O)[C@@H](NC(=O)/C(=N\O[C@@H](C)C(=O)O)c3nc(N)sc3Cl)C2SC1. The summed E-state index contributed by atoms with van der Waals surface area (Å²) in [4.78, 5) is 60.4. The number of nitrogen functional groups attached to an aromatic ring is 2. The molecule has 16 nitrogen and oxygen atoms in total. The molecule has 0 bridgehead atoms. The lowest BCUT2D eigenvalue weighted by Crippen LogP contribution is -2.71. The van der Waals surface area contributed by atoms with Gasteiger partial charge in [-0.25, -0.2) is 14.6 Å². The van der Waals surface area contributed by atoms with E-state index < -0.39 is 47.0 Å². The number of oxime groups is 1. The molecule has 2 aliphatic rings. The van der Waals surface area contributed by atoms with Crippen LogP contribution in [0.4, 0.5) is 10.9 Å². The lowest BCUT2D eigenvalue weighted by atomic mass is 10.0. The van der Waals surface area contributed by atoms with Crippen molar-refractivity contribution >= 4 is 86.1 Å². The molecule has 3 aromatic heterocycles. The number of aliphatic carboxylic acids is 2. The van der Waals surface area contributed by atoms with Crippen LogP contribution in [0.15, 0.2) is 40.8 Å². The molecule has 3 aromatic rings. The van der Waals surface area contributed by atoms with Crippen molar-refractivity contribution in [2.75, 3.05) is 17.2 Å². The topological polar surface area (TPSA) is 245 Å². The molecule has 2 amide bonds. The van der Waals surface area contributed by atoms with Crippen LogP contribution < -0.4 is 27.1 Å². The Bertz CT molecular complexity index is 1790. The summed E-state index contributed by atoms with van der Waals surface area (Å²) in [5.74, 6) is -3.48. The molecule has 45 heavy (non-hydrogen) atoms. The third-order valence-electron chi connectivity index (χ3n) is 7.04. The van der Waals surface area contributed by atoms with Crippen LogP contribution in [-0.4, -0.2) is 83.4 Å². The molecule has 1 saturated heterocycles.